The van der Waals surface area contributed by atoms with Crippen molar-refractivity contribution in [1.29, 1.82) is 0 Å². The van der Waals surface area contributed by atoms with Crippen LogP contribution in [0.15, 0.2) is 36.5 Å². The summed E-state index contributed by atoms with van der Waals surface area (Å²) in [7, 11) is 1.73. The molecule has 1 aliphatic rings. The molecule has 0 spiro atoms. The van der Waals surface area contributed by atoms with Crippen LogP contribution in [0.4, 0.5) is 10.5 Å². The molecule has 0 bridgehead atoms. The molecule has 1 aromatic carbocycles. The number of benzene rings is 1. The van der Waals surface area contributed by atoms with Crippen molar-refractivity contribution in [2.75, 3.05) is 18.9 Å². The molecular weight excluding hydrogens is 294 g/mol. The Morgan fingerprint density at radius 2 is 2.17 bits per heavy atom. The summed E-state index contributed by atoms with van der Waals surface area (Å²) in [4.78, 5) is 25.5. The van der Waals surface area contributed by atoms with Crippen LogP contribution in [0.5, 0.6) is 0 Å². The largest absolute Gasteiger partial charge is 0.344 e. The first-order chi connectivity index (χ1) is 11.0. The monoisotopic (exact) mass is 313 g/mol. The molecular formula is C16H19N5O2. The number of aryl methyl sites for hydroxylation is 1. The zero-order valence-corrected chi connectivity index (χ0v) is 13.1. The molecule has 2 aromatic rings. The first kappa shape index (κ1) is 15.1. The maximum Gasteiger partial charge on any atom is 0.319 e. The Balaban J connectivity index is 1.67. The van der Waals surface area contributed by atoms with Gasteiger partial charge in [-0.3, -0.25) is 4.79 Å². The standard InChI is InChI=1S/C16H19N5O2/c1-11-6-8-17-21(11)13-5-3-4-12(10-13)18-16(23)19-14-7-9-20(2)15(14)22/h3-6,8,10,14H,7,9H2,1-2H3,(H2,18,19,23)/t14-/m1/s1. The number of likely N-dealkylation sites (tertiary alicyclic amines) is 1. The third-order valence-electron chi connectivity index (χ3n) is 3.91. The Hall–Kier alpha value is -2.83. The Morgan fingerprint density at radius 1 is 1.35 bits per heavy atom. The quantitative estimate of drug-likeness (QED) is 0.902. The third-order valence-corrected chi connectivity index (χ3v) is 3.91. The van der Waals surface area contributed by atoms with Gasteiger partial charge in [0.1, 0.15) is 6.04 Å². The van der Waals surface area contributed by atoms with Gasteiger partial charge in [0.05, 0.1) is 5.69 Å². The Morgan fingerprint density at radius 3 is 2.83 bits per heavy atom. The van der Waals surface area contributed by atoms with Crippen LogP contribution in [-0.4, -0.2) is 46.3 Å². The van der Waals surface area contributed by atoms with Gasteiger partial charge >= 0.3 is 6.03 Å². The van der Waals surface area contributed by atoms with Crippen molar-refractivity contribution in [1.82, 2.24) is 20.0 Å². The van der Waals surface area contributed by atoms with Crippen molar-refractivity contribution >= 4 is 17.6 Å². The molecule has 0 radical (unpaired) electrons. The lowest BCUT2D eigenvalue weighted by atomic mass is 10.2. The first-order valence-electron chi connectivity index (χ1n) is 7.48. The SMILES string of the molecule is Cc1ccnn1-c1cccc(NC(=O)N[C@@H]2CCN(C)C2=O)c1. The second-order valence-electron chi connectivity index (χ2n) is 5.63. The zero-order chi connectivity index (χ0) is 16.4. The second-order valence-corrected chi connectivity index (χ2v) is 5.63. The summed E-state index contributed by atoms with van der Waals surface area (Å²) < 4.78 is 1.79. The van der Waals surface area contributed by atoms with E-state index in [1.54, 1.807) is 28.9 Å². The summed E-state index contributed by atoms with van der Waals surface area (Å²) in [6, 6.07) is 8.48. The van der Waals surface area contributed by atoms with Crippen molar-refractivity contribution in [2.45, 2.75) is 19.4 Å². The highest BCUT2D eigenvalue weighted by molar-refractivity contribution is 5.94. The van der Waals surface area contributed by atoms with Crippen LogP contribution in [-0.2, 0) is 4.79 Å². The highest BCUT2D eigenvalue weighted by atomic mass is 16.2. The molecule has 0 aliphatic carbocycles. The van der Waals surface area contributed by atoms with Gasteiger partial charge in [-0.25, -0.2) is 9.48 Å². The smallest absolute Gasteiger partial charge is 0.319 e. The summed E-state index contributed by atoms with van der Waals surface area (Å²) in [6.45, 7) is 2.62. The molecule has 7 nitrogen and oxygen atoms in total. The Kier molecular flexibility index (Phi) is 4.01. The molecule has 120 valence electrons. The van der Waals surface area contributed by atoms with Crippen molar-refractivity contribution in [3.63, 3.8) is 0 Å². The van der Waals surface area contributed by atoms with Gasteiger partial charge in [0, 0.05) is 31.2 Å². The Labute approximate surface area is 134 Å². The number of urea groups is 1. The molecule has 3 rings (SSSR count). The van der Waals surface area contributed by atoms with Crippen LogP contribution in [0.25, 0.3) is 5.69 Å². The van der Waals surface area contributed by atoms with E-state index in [-0.39, 0.29) is 11.9 Å². The van der Waals surface area contributed by atoms with Gasteiger partial charge in [-0.15, -0.1) is 0 Å². The second kappa shape index (κ2) is 6.12. The molecule has 1 aliphatic heterocycles. The Bertz CT molecular complexity index is 740. The van der Waals surface area contributed by atoms with E-state index < -0.39 is 6.04 Å². The number of anilines is 1. The number of nitrogens with one attached hydrogen (secondary N) is 2. The number of carbonyl (C=O) groups excluding carboxylic acids is 2. The van der Waals surface area contributed by atoms with Crippen LogP contribution in [0, 0.1) is 6.92 Å². The van der Waals surface area contributed by atoms with E-state index >= 15 is 0 Å². The van der Waals surface area contributed by atoms with Crippen molar-refractivity contribution < 1.29 is 9.59 Å². The molecule has 0 saturated carbocycles. The van der Waals surface area contributed by atoms with Gasteiger partial charge in [-0.2, -0.15) is 5.10 Å². The van der Waals surface area contributed by atoms with Gasteiger partial charge in [-0.1, -0.05) is 6.07 Å². The van der Waals surface area contributed by atoms with Gasteiger partial charge in [0.25, 0.3) is 0 Å². The van der Waals surface area contributed by atoms with Gasteiger partial charge in [0.2, 0.25) is 5.91 Å². The number of hydrogen-bond acceptors (Lipinski definition) is 3. The highest BCUT2D eigenvalue weighted by Crippen LogP contribution is 2.16. The molecule has 0 unspecified atom stereocenters. The summed E-state index contributed by atoms with van der Waals surface area (Å²) in [5.41, 5.74) is 2.52. The van der Waals surface area contributed by atoms with Crippen LogP contribution < -0.4 is 10.6 Å². The minimum absolute atomic E-state index is 0.0546. The van der Waals surface area contributed by atoms with E-state index in [0.717, 1.165) is 11.4 Å². The predicted octanol–water partition coefficient (Wildman–Crippen LogP) is 1.53. The molecule has 7 heteroatoms. The number of amides is 3. The topological polar surface area (TPSA) is 79.3 Å². The fourth-order valence-electron chi connectivity index (χ4n) is 2.64. The summed E-state index contributed by atoms with van der Waals surface area (Å²) in [5, 5.41) is 9.72. The lowest BCUT2D eigenvalue weighted by Crippen LogP contribution is -2.42. The van der Waals surface area contributed by atoms with Crippen LogP contribution in [0.1, 0.15) is 12.1 Å². The number of nitrogens with zero attached hydrogens (tertiary/aromatic N) is 3. The molecule has 2 heterocycles. The number of hydrogen-bond donors (Lipinski definition) is 2. The van der Waals surface area contributed by atoms with E-state index in [2.05, 4.69) is 15.7 Å². The molecule has 2 N–H and O–H groups in total. The minimum Gasteiger partial charge on any atom is -0.344 e. The molecule has 1 fully saturated rings. The van der Waals surface area contributed by atoms with E-state index in [9.17, 15) is 9.59 Å². The van der Waals surface area contributed by atoms with E-state index in [1.165, 1.54) is 0 Å². The number of carbonyl (C=O) groups is 2. The summed E-state index contributed by atoms with van der Waals surface area (Å²) in [6.07, 6.45) is 2.36. The fraction of sp³-hybridized carbons (Fsp3) is 0.312. The van der Waals surface area contributed by atoms with Crippen molar-refractivity contribution in [3.8, 4) is 5.69 Å². The summed E-state index contributed by atoms with van der Waals surface area (Å²) >= 11 is 0. The normalized spacial score (nSPS) is 17.4. The van der Waals surface area contributed by atoms with Gasteiger partial charge in [0.15, 0.2) is 0 Å². The third kappa shape index (κ3) is 3.18. The number of rotatable bonds is 3. The minimum atomic E-state index is -0.448. The van der Waals surface area contributed by atoms with Crippen molar-refractivity contribution in [2.24, 2.45) is 0 Å². The molecule has 1 atom stereocenters. The number of aromatic nitrogens is 2. The van der Waals surface area contributed by atoms with E-state index in [1.807, 2.05) is 31.2 Å². The fourth-order valence-corrected chi connectivity index (χ4v) is 2.64. The lowest BCUT2D eigenvalue weighted by Gasteiger charge is -2.13. The summed E-state index contributed by atoms with van der Waals surface area (Å²) in [5.74, 6) is -0.0546. The lowest BCUT2D eigenvalue weighted by molar-refractivity contribution is -0.128. The van der Waals surface area contributed by atoms with E-state index in [0.29, 0.717) is 18.7 Å². The first-order valence-corrected chi connectivity index (χ1v) is 7.48. The molecule has 3 amide bonds. The average Bonchev–Trinajstić information content (AvgIpc) is 3.08. The van der Waals surface area contributed by atoms with Crippen molar-refractivity contribution in [3.05, 3.63) is 42.2 Å². The highest BCUT2D eigenvalue weighted by Gasteiger charge is 2.30. The number of likely N-dealkylation sites (N-methyl/N-ethyl adjacent to an activating group) is 1. The zero-order valence-electron chi connectivity index (χ0n) is 13.1. The predicted molar refractivity (Wildman–Crippen MR) is 86.5 cm³/mol. The maximum atomic E-state index is 12.1. The molecule has 1 saturated heterocycles. The maximum absolute atomic E-state index is 12.1. The van der Waals surface area contributed by atoms with Crippen LogP contribution in [0.2, 0.25) is 0 Å². The molecule has 1 aromatic heterocycles. The average molecular weight is 313 g/mol. The van der Waals surface area contributed by atoms with Crippen LogP contribution >= 0.6 is 0 Å². The van der Waals surface area contributed by atoms with Gasteiger partial charge in [-0.05, 0) is 37.6 Å². The van der Waals surface area contributed by atoms with Gasteiger partial charge < -0.3 is 15.5 Å². The van der Waals surface area contributed by atoms with E-state index in [4.69, 9.17) is 0 Å². The van der Waals surface area contributed by atoms with Crippen LogP contribution in [0.3, 0.4) is 0 Å². The molecule has 23 heavy (non-hydrogen) atoms.